The molecular weight excluding hydrogens is 330 g/mol. The van der Waals surface area contributed by atoms with Crippen LogP contribution in [0.1, 0.15) is 13.8 Å². The summed E-state index contributed by atoms with van der Waals surface area (Å²) in [7, 11) is 1.63. The van der Waals surface area contributed by atoms with Crippen molar-refractivity contribution in [2.75, 3.05) is 38.7 Å². The Hall–Kier alpha value is -2.89. The van der Waals surface area contributed by atoms with E-state index in [1.165, 1.54) is 0 Å². The first-order chi connectivity index (χ1) is 12.8. The Morgan fingerprint density at radius 1 is 1.00 bits per heavy atom. The number of para-hydroxylation sites is 1. The molecule has 0 radical (unpaired) electrons. The lowest BCUT2D eigenvalue weighted by Gasteiger charge is -2.14. The lowest BCUT2D eigenvalue weighted by molar-refractivity contribution is 0.311. The molecule has 0 saturated heterocycles. The van der Waals surface area contributed by atoms with Gasteiger partial charge in [0, 0.05) is 18.3 Å². The number of anilines is 1. The molecule has 2 N–H and O–H groups in total. The molecule has 0 aliphatic heterocycles. The minimum absolute atomic E-state index is 0.507. The van der Waals surface area contributed by atoms with Crippen LogP contribution in [0, 0.1) is 0 Å². The Kier molecular flexibility index (Phi) is 8.12. The molecule has 0 unspecified atom stereocenters. The summed E-state index contributed by atoms with van der Waals surface area (Å²) in [4.78, 5) is 4.54. The number of aliphatic imine (C=N–C) groups is 1. The van der Waals surface area contributed by atoms with Gasteiger partial charge in [-0.25, -0.2) is 4.99 Å². The second-order valence-electron chi connectivity index (χ2n) is 5.35. The van der Waals surface area contributed by atoms with E-state index < -0.39 is 0 Å². The van der Waals surface area contributed by atoms with Crippen LogP contribution in [-0.2, 0) is 0 Å². The highest BCUT2D eigenvalue weighted by Gasteiger charge is 2.06. The van der Waals surface area contributed by atoms with Gasteiger partial charge >= 0.3 is 0 Å². The first-order valence-corrected chi connectivity index (χ1v) is 8.80. The third-order valence-electron chi connectivity index (χ3n) is 3.44. The van der Waals surface area contributed by atoms with Crippen molar-refractivity contribution in [3.63, 3.8) is 0 Å². The number of methoxy groups -OCH3 is 1. The second kappa shape index (κ2) is 10.9. The normalized spacial score (nSPS) is 11.0. The third kappa shape index (κ3) is 6.20. The fraction of sp³-hybridized carbons (Fsp3) is 0.350. The summed E-state index contributed by atoms with van der Waals surface area (Å²) in [6.45, 7) is 6.37. The van der Waals surface area contributed by atoms with Crippen LogP contribution in [0.25, 0.3) is 0 Å². The average Bonchev–Trinajstić information content (AvgIpc) is 2.67. The second-order valence-corrected chi connectivity index (χ2v) is 5.35. The zero-order valence-electron chi connectivity index (χ0n) is 15.6. The molecule has 0 amide bonds. The maximum absolute atomic E-state index is 5.66. The Bertz CT molecular complexity index is 690. The zero-order valence-corrected chi connectivity index (χ0v) is 15.6. The molecule has 0 fully saturated rings. The average molecular weight is 357 g/mol. The largest absolute Gasteiger partial charge is 0.493 e. The van der Waals surface area contributed by atoms with Crippen LogP contribution < -0.4 is 24.8 Å². The van der Waals surface area contributed by atoms with Gasteiger partial charge < -0.3 is 24.8 Å². The van der Waals surface area contributed by atoms with Crippen molar-refractivity contribution in [1.82, 2.24) is 5.32 Å². The lowest BCUT2D eigenvalue weighted by atomic mass is 10.2. The maximum atomic E-state index is 5.66. The van der Waals surface area contributed by atoms with E-state index in [9.17, 15) is 0 Å². The van der Waals surface area contributed by atoms with Gasteiger partial charge in [0.25, 0.3) is 0 Å². The minimum atomic E-state index is 0.507. The Morgan fingerprint density at radius 2 is 1.81 bits per heavy atom. The van der Waals surface area contributed by atoms with Gasteiger partial charge in [0.2, 0.25) is 0 Å². The summed E-state index contributed by atoms with van der Waals surface area (Å²) in [5.74, 6) is 2.94. The van der Waals surface area contributed by atoms with E-state index >= 15 is 0 Å². The summed E-state index contributed by atoms with van der Waals surface area (Å²) in [5, 5.41) is 6.49. The predicted octanol–water partition coefficient (Wildman–Crippen LogP) is 3.55. The van der Waals surface area contributed by atoms with Crippen molar-refractivity contribution < 1.29 is 14.2 Å². The molecule has 0 bridgehead atoms. The first-order valence-electron chi connectivity index (χ1n) is 8.80. The standard InChI is InChI=1S/C20H27N3O3/c1-4-21-20(22-13-14-26-17-9-7-6-8-10-17)23-16-11-12-18(25-5-2)19(15-16)24-3/h6-12,15H,4-5,13-14H2,1-3H3,(H2,21,22,23). The van der Waals surface area contributed by atoms with Crippen molar-refractivity contribution in [3.8, 4) is 17.2 Å². The minimum Gasteiger partial charge on any atom is -0.493 e. The Balaban J connectivity index is 1.96. The van der Waals surface area contributed by atoms with Crippen LogP contribution in [0.4, 0.5) is 5.69 Å². The number of hydrogen-bond donors (Lipinski definition) is 2. The van der Waals surface area contributed by atoms with E-state index in [-0.39, 0.29) is 0 Å². The molecule has 0 heterocycles. The lowest BCUT2D eigenvalue weighted by Crippen LogP contribution is -2.31. The highest BCUT2D eigenvalue weighted by molar-refractivity contribution is 5.93. The fourth-order valence-electron chi connectivity index (χ4n) is 2.30. The van der Waals surface area contributed by atoms with Gasteiger partial charge in [-0.3, -0.25) is 0 Å². The molecule has 6 heteroatoms. The van der Waals surface area contributed by atoms with E-state index in [1.807, 2.05) is 62.4 Å². The van der Waals surface area contributed by atoms with E-state index in [0.717, 1.165) is 23.7 Å². The highest BCUT2D eigenvalue weighted by Crippen LogP contribution is 2.30. The van der Waals surface area contributed by atoms with Crippen molar-refractivity contribution in [2.45, 2.75) is 13.8 Å². The topological polar surface area (TPSA) is 64.1 Å². The number of benzene rings is 2. The number of nitrogens with zero attached hydrogens (tertiary/aromatic N) is 1. The van der Waals surface area contributed by atoms with Crippen molar-refractivity contribution in [1.29, 1.82) is 0 Å². The molecule has 2 aromatic carbocycles. The van der Waals surface area contributed by atoms with E-state index in [0.29, 0.717) is 31.5 Å². The summed E-state index contributed by atoms with van der Waals surface area (Å²) in [6, 6.07) is 15.4. The number of guanidine groups is 1. The Labute approximate surface area is 155 Å². The summed E-state index contributed by atoms with van der Waals surface area (Å²) in [6.07, 6.45) is 0. The van der Waals surface area contributed by atoms with Gasteiger partial charge in [-0.15, -0.1) is 0 Å². The molecule has 2 aromatic rings. The van der Waals surface area contributed by atoms with E-state index in [2.05, 4.69) is 15.6 Å². The van der Waals surface area contributed by atoms with Gasteiger partial charge in [-0.05, 0) is 38.1 Å². The SMILES string of the molecule is CCNC(=NCCOc1ccccc1)Nc1ccc(OCC)c(OC)c1. The van der Waals surface area contributed by atoms with Crippen molar-refractivity contribution >= 4 is 11.6 Å². The van der Waals surface area contributed by atoms with Crippen molar-refractivity contribution in [3.05, 3.63) is 48.5 Å². The van der Waals surface area contributed by atoms with Gasteiger partial charge in [-0.2, -0.15) is 0 Å². The molecule has 140 valence electrons. The highest BCUT2D eigenvalue weighted by atomic mass is 16.5. The molecule has 2 rings (SSSR count). The van der Waals surface area contributed by atoms with Gasteiger partial charge in [-0.1, -0.05) is 18.2 Å². The molecule has 0 aliphatic rings. The smallest absolute Gasteiger partial charge is 0.195 e. The first kappa shape index (κ1) is 19.4. The summed E-state index contributed by atoms with van der Waals surface area (Å²) < 4.78 is 16.6. The Morgan fingerprint density at radius 3 is 2.50 bits per heavy atom. The predicted molar refractivity (Wildman–Crippen MR) is 106 cm³/mol. The molecule has 0 spiro atoms. The molecule has 0 aromatic heterocycles. The monoisotopic (exact) mass is 357 g/mol. The van der Waals surface area contributed by atoms with Crippen LogP contribution in [0.15, 0.2) is 53.5 Å². The van der Waals surface area contributed by atoms with Crippen LogP contribution in [0.5, 0.6) is 17.2 Å². The summed E-state index contributed by atoms with van der Waals surface area (Å²) >= 11 is 0. The number of rotatable bonds is 9. The molecule has 6 nitrogen and oxygen atoms in total. The van der Waals surface area contributed by atoms with Gasteiger partial charge in [0.1, 0.15) is 12.4 Å². The molecule has 0 aliphatic carbocycles. The van der Waals surface area contributed by atoms with Gasteiger partial charge in [0.05, 0.1) is 20.3 Å². The van der Waals surface area contributed by atoms with E-state index in [4.69, 9.17) is 14.2 Å². The summed E-state index contributed by atoms with van der Waals surface area (Å²) in [5.41, 5.74) is 0.869. The quantitative estimate of drug-likeness (QED) is 0.408. The van der Waals surface area contributed by atoms with Crippen LogP contribution >= 0.6 is 0 Å². The van der Waals surface area contributed by atoms with Crippen LogP contribution in [-0.4, -0.2) is 39.4 Å². The van der Waals surface area contributed by atoms with Crippen LogP contribution in [0.3, 0.4) is 0 Å². The zero-order chi connectivity index (χ0) is 18.6. The van der Waals surface area contributed by atoms with Gasteiger partial charge in [0.15, 0.2) is 17.5 Å². The number of hydrogen-bond acceptors (Lipinski definition) is 4. The number of nitrogens with one attached hydrogen (secondary N) is 2. The molecule has 0 atom stereocenters. The molecule has 0 saturated carbocycles. The van der Waals surface area contributed by atoms with Crippen molar-refractivity contribution in [2.24, 2.45) is 4.99 Å². The fourth-order valence-corrected chi connectivity index (χ4v) is 2.30. The molecule has 26 heavy (non-hydrogen) atoms. The number of ether oxygens (including phenoxy) is 3. The third-order valence-corrected chi connectivity index (χ3v) is 3.44. The molecular formula is C20H27N3O3. The maximum Gasteiger partial charge on any atom is 0.195 e. The van der Waals surface area contributed by atoms with Crippen LogP contribution in [0.2, 0.25) is 0 Å². The van der Waals surface area contributed by atoms with E-state index in [1.54, 1.807) is 7.11 Å².